The monoisotopic (exact) mass is 300 g/mol. The van der Waals surface area contributed by atoms with Crippen LogP contribution < -0.4 is 5.32 Å². The quantitative estimate of drug-likeness (QED) is 0.892. The van der Waals surface area contributed by atoms with Gasteiger partial charge in [-0.05, 0) is 25.0 Å². The Labute approximate surface area is 120 Å². The van der Waals surface area contributed by atoms with Crippen molar-refractivity contribution in [1.82, 2.24) is 0 Å². The third-order valence-corrected chi connectivity index (χ3v) is 3.95. The van der Waals surface area contributed by atoms with Gasteiger partial charge in [0, 0.05) is 0 Å². The molecule has 1 aliphatic rings. The molecule has 0 saturated heterocycles. The summed E-state index contributed by atoms with van der Waals surface area (Å²) < 4.78 is 13.1. The van der Waals surface area contributed by atoms with Crippen LogP contribution >= 0.6 is 23.2 Å². The van der Waals surface area contributed by atoms with Crippen LogP contribution in [-0.4, -0.2) is 5.91 Å². The number of nitrogens with one attached hydrogen (secondary N) is 1. The van der Waals surface area contributed by atoms with Crippen molar-refractivity contribution in [2.24, 2.45) is 5.41 Å². The molecular weight excluding hydrogens is 290 g/mol. The molecule has 0 unspecified atom stereocenters. The van der Waals surface area contributed by atoms with E-state index in [0.29, 0.717) is 12.8 Å². The molecule has 100 valence electrons. The van der Waals surface area contributed by atoms with Crippen LogP contribution in [0.1, 0.15) is 25.7 Å². The molecule has 1 aromatic carbocycles. The molecule has 0 radical (unpaired) electrons. The summed E-state index contributed by atoms with van der Waals surface area (Å²) in [6.07, 6.45) is 2.72. The predicted octanol–water partition coefficient (Wildman–Crippen LogP) is 4.15. The van der Waals surface area contributed by atoms with Gasteiger partial charge in [0.15, 0.2) is 0 Å². The Balaban J connectivity index is 2.27. The van der Waals surface area contributed by atoms with Gasteiger partial charge in [-0.3, -0.25) is 4.79 Å². The van der Waals surface area contributed by atoms with Gasteiger partial charge in [0.05, 0.1) is 21.8 Å². The first-order valence-electron chi connectivity index (χ1n) is 5.86. The van der Waals surface area contributed by atoms with Crippen molar-refractivity contribution in [1.29, 1.82) is 5.26 Å². The predicted molar refractivity (Wildman–Crippen MR) is 71.6 cm³/mol. The number of halogens is 3. The molecule has 0 heterocycles. The summed E-state index contributed by atoms with van der Waals surface area (Å²) in [4.78, 5) is 12.2. The van der Waals surface area contributed by atoms with Gasteiger partial charge in [-0.2, -0.15) is 5.26 Å². The molecule has 0 bridgehead atoms. The molecule has 1 amide bonds. The van der Waals surface area contributed by atoms with E-state index in [9.17, 15) is 14.4 Å². The van der Waals surface area contributed by atoms with Crippen LogP contribution in [0.4, 0.5) is 10.1 Å². The first-order chi connectivity index (χ1) is 8.98. The Morgan fingerprint density at radius 1 is 1.32 bits per heavy atom. The molecule has 0 spiro atoms. The smallest absolute Gasteiger partial charge is 0.244 e. The Bertz CT molecular complexity index is 539. The molecular formula is C13H11Cl2FN2O. The maximum Gasteiger partial charge on any atom is 0.244 e. The summed E-state index contributed by atoms with van der Waals surface area (Å²) in [6.45, 7) is 0. The Morgan fingerprint density at radius 2 is 1.84 bits per heavy atom. The van der Waals surface area contributed by atoms with E-state index in [2.05, 4.69) is 11.4 Å². The van der Waals surface area contributed by atoms with Crippen LogP contribution in [-0.2, 0) is 4.79 Å². The van der Waals surface area contributed by atoms with Gasteiger partial charge in [-0.1, -0.05) is 36.0 Å². The largest absolute Gasteiger partial charge is 0.322 e. The SMILES string of the molecule is N#CC1(C(=O)Nc2c(Cl)cc(F)cc2Cl)CCCC1. The lowest BCUT2D eigenvalue weighted by Gasteiger charge is -2.20. The molecule has 1 N–H and O–H groups in total. The summed E-state index contributed by atoms with van der Waals surface area (Å²) >= 11 is 11.7. The number of amides is 1. The molecule has 1 fully saturated rings. The van der Waals surface area contributed by atoms with Crippen molar-refractivity contribution >= 4 is 34.8 Å². The Kier molecular flexibility index (Phi) is 3.98. The van der Waals surface area contributed by atoms with Gasteiger partial charge in [-0.15, -0.1) is 0 Å². The highest BCUT2D eigenvalue weighted by Gasteiger charge is 2.41. The van der Waals surface area contributed by atoms with Gasteiger partial charge in [0.25, 0.3) is 0 Å². The molecule has 1 aromatic rings. The minimum atomic E-state index is -1.03. The molecule has 6 heteroatoms. The molecule has 3 nitrogen and oxygen atoms in total. The maximum absolute atomic E-state index is 13.1. The number of carbonyl (C=O) groups excluding carboxylic acids is 1. The summed E-state index contributed by atoms with van der Waals surface area (Å²) in [7, 11) is 0. The number of rotatable bonds is 2. The van der Waals surface area contributed by atoms with Gasteiger partial charge >= 0.3 is 0 Å². The first kappa shape index (κ1) is 14.1. The minimum absolute atomic E-state index is 0.0180. The lowest BCUT2D eigenvalue weighted by Crippen LogP contribution is -2.32. The van der Waals surface area contributed by atoms with Crippen LogP contribution in [0.2, 0.25) is 10.0 Å². The van der Waals surface area contributed by atoms with Crippen LogP contribution in [0.15, 0.2) is 12.1 Å². The molecule has 0 atom stereocenters. The third kappa shape index (κ3) is 2.68. The van der Waals surface area contributed by atoms with Gasteiger partial charge in [0.2, 0.25) is 5.91 Å². The highest BCUT2D eigenvalue weighted by atomic mass is 35.5. The minimum Gasteiger partial charge on any atom is -0.322 e. The number of benzene rings is 1. The molecule has 0 aromatic heterocycles. The van der Waals surface area contributed by atoms with Gasteiger partial charge < -0.3 is 5.32 Å². The highest BCUT2D eigenvalue weighted by molar-refractivity contribution is 6.39. The van der Waals surface area contributed by atoms with Crippen molar-refractivity contribution in [3.8, 4) is 6.07 Å². The van der Waals surface area contributed by atoms with Crippen molar-refractivity contribution in [2.45, 2.75) is 25.7 Å². The van der Waals surface area contributed by atoms with E-state index in [4.69, 9.17) is 23.2 Å². The first-order valence-corrected chi connectivity index (χ1v) is 6.61. The van der Waals surface area contributed by atoms with Gasteiger partial charge in [0.1, 0.15) is 11.2 Å². The number of hydrogen-bond acceptors (Lipinski definition) is 2. The van der Waals surface area contributed by atoms with E-state index < -0.39 is 17.1 Å². The van der Waals surface area contributed by atoms with Crippen LogP contribution in [0, 0.1) is 22.6 Å². The lowest BCUT2D eigenvalue weighted by molar-refractivity contribution is -0.122. The standard InChI is InChI=1S/C13H11Cl2FN2O/c14-9-5-8(16)6-10(15)11(9)18-12(19)13(7-17)3-1-2-4-13/h5-6H,1-4H2,(H,18,19). The fourth-order valence-electron chi connectivity index (χ4n) is 2.26. The fraction of sp³-hybridized carbons (Fsp3) is 0.385. The normalized spacial score (nSPS) is 16.9. The summed E-state index contributed by atoms with van der Waals surface area (Å²) in [5.74, 6) is -1.01. The van der Waals surface area contributed by atoms with Crippen molar-refractivity contribution in [2.75, 3.05) is 5.32 Å². The van der Waals surface area contributed by atoms with E-state index in [-0.39, 0.29) is 15.7 Å². The zero-order chi connectivity index (χ0) is 14.0. The zero-order valence-electron chi connectivity index (χ0n) is 9.97. The number of carbonyl (C=O) groups is 1. The second-order valence-corrected chi connectivity index (χ2v) is 5.41. The number of nitrogens with zero attached hydrogens (tertiary/aromatic N) is 1. The molecule has 0 aliphatic heterocycles. The second-order valence-electron chi connectivity index (χ2n) is 4.60. The van der Waals surface area contributed by atoms with Crippen molar-refractivity contribution in [3.05, 3.63) is 28.0 Å². The molecule has 19 heavy (non-hydrogen) atoms. The Morgan fingerprint density at radius 3 is 2.32 bits per heavy atom. The fourth-order valence-corrected chi connectivity index (χ4v) is 2.82. The summed E-state index contributed by atoms with van der Waals surface area (Å²) in [5, 5.41) is 11.8. The van der Waals surface area contributed by atoms with Crippen LogP contribution in [0.3, 0.4) is 0 Å². The average Bonchev–Trinajstić information content (AvgIpc) is 2.83. The van der Waals surface area contributed by atoms with Crippen LogP contribution in [0.5, 0.6) is 0 Å². The molecule has 2 rings (SSSR count). The van der Waals surface area contributed by atoms with E-state index in [0.717, 1.165) is 25.0 Å². The second kappa shape index (κ2) is 5.36. The number of nitriles is 1. The van der Waals surface area contributed by atoms with Crippen LogP contribution in [0.25, 0.3) is 0 Å². The van der Waals surface area contributed by atoms with Crippen molar-refractivity contribution in [3.63, 3.8) is 0 Å². The maximum atomic E-state index is 13.1. The Hall–Kier alpha value is -1.31. The van der Waals surface area contributed by atoms with E-state index in [1.54, 1.807) is 0 Å². The van der Waals surface area contributed by atoms with Crippen molar-refractivity contribution < 1.29 is 9.18 Å². The van der Waals surface area contributed by atoms with E-state index >= 15 is 0 Å². The molecule has 1 aliphatic carbocycles. The third-order valence-electron chi connectivity index (χ3n) is 3.35. The molecule has 1 saturated carbocycles. The summed E-state index contributed by atoms with van der Waals surface area (Å²) in [5.41, 5.74) is -0.877. The van der Waals surface area contributed by atoms with E-state index in [1.807, 2.05) is 0 Å². The average molecular weight is 301 g/mol. The summed E-state index contributed by atoms with van der Waals surface area (Å²) in [6, 6.07) is 4.21. The van der Waals surface area contributed by atoms with E-state index in [1.165, 1.54) is 0 Å². The zero-order valence-corrected chi connectivity index (χ0v) is 11.5. The topological polar surface area (TPSA) is 52.9 Å². The highest BCUT2D eigenvalue weighted by Crippen LogP contribution is 2.40. The number of anilines is 1. The lowest BCUT2D eigenvalue weighted by atomic mass is 9.87. The van der Waals surface area contributed by atoms with Gasteiger partial charge in [-0.25, -0.2) is 4.39 Å². The number of hydrogen-bond donors (Lipinski definition) is 1.